The SMILES string of the molecule is CCOC(=O)N1CCN(OC)CCN1C(=O)O. The Balaban J connectivity index is 2.74. The van der Waals surface area contributed by atoms with E-state index < -0.39 is 12.2 Å². The Bertz CT molecular complexity index is 286. The lowest BCUT2D eigenvalue weighted by Gasteiger charge is -2.28. The van der Waals surface area contributed by atoms with Gasteiger partial charge in [-0.3, -0.25) is 0 Å². The zero-order valence-electron chi connectivity index (χ0n) is 9.96. The molecule has 1 rings (SSSR count). The summed E-state index contributed by atoms with van der Waals surface area (Å²) in [6.45, 7) is 3.07. The van der Waals surface area contributed by atoms with Crippen molar-refractivity contribution in [3.05, 3.63) is 0 Å². The standard InChI is InChI=1S/C9H17N3O5/c1-3-17-9(15)12-7-5-10(16-2)4-6-11(12)8(13)14/h3-7H2,1-2H3,(H,13,14). The van der Waals surface area contributed by atoms with Gasteiger partial charge >= 0.3 is 12.2 Å². The molecule has 1 N–H and O–H groups in total. The second-order valence-electron chi connectivity index (χ2n) is 3.34. The zero-order chi connectivity index (χ0) is 12.8. The molecule has 1 fully saturated rings. The lowest BCUT2D eigenvalue weighted by atomic mass is 10.6. The summed E-state index contributed by atoms with van der Waals surface area (Å²) in [6.07, 6.45) is -1.84. The van der Waals surface area contributed by atoms with Gasteiger partial charge in [-0.15, -0.1) is 0 Å². The molecule has 1 saturated heterocycles. The predicted molar refractivity (Wildman–Crippen MR) is 57.0 cm³/mol. The van der Waals surface area contributed by atoms with Gasteiger partial charge < -0.3 is 14.7 Å². The Hall–Kier alpha value is -1.54. The summed E-state index contributed by atoms with van der Waals surface area (Å²) < 4.78 is 4.81. The van der Waals surface area contributed by atoms with E-state index in [0.717, 1.165) is 10.0 Å². The zero-order valence-corrected chi connectivity index (χ0v) is 9.96. The van der Waals surface area contributed by atoms with Gasteiger partial charge in [0.25, 0.3) is 0 Å². The van der Waals surface area contributed by atoms with Crippen LogP contribution in [0.1, 0.15) is 6.92 Å². The van der Waals surface area contributed by atoms with Gasteiger partial charge in [0.05, 0.1) is 26.8 Å². The first kappa shape index (κ1) is 13.5. The largest absolute Gasteiger partial charge is 0.464 e. The van der Waals surface area contributed by atoms with Crippen LogP contribution >= 0.6 is 0 Å². The van der Waals surface area contributed by atoms with Crippen LogP contribution in [0.25, 0.3) is 0 Å². The van der Waals surface area contributed by atoms with E-state index in [1.165, 1.54) is 7.11 Å². The van der Waals surface area contributed by atoms with Crippen LogP contribution in [-0.4, -0.2) is 72.3 Å². The molecule has 0 spiro atoms. The molecule has 8 heteroatoms. The van der Waals surface area contributed by atoms with E-state index in [1.807, 2.05) is 0 Å². The molecular weight excluding hydrogens is 230 g/mol. The number of rotatable bonds is 2. The number of carbonyl (C=O) groups is 2. The molecule has 0 bridgehead atoms. The van der Waals surface area contributed by atoms with Gasteiger partial charge in [-0.2, -0.15) is 5.06 Å². The van der Waals surface area contributed by atoms with Crippen LogP contribution in [0.4, 0.5) is 9.59 Å². The Morgan fingerprint density at radius 3 is 2.24 bits per heavy atom. The fraction of sp³-hybridized carbons (Fsp3) is 0.778. The molecule has 8 nitrogen and oxygen atoms in total. The summed E-state index contributed by atoms with van der Waals surface area (Å²) in [5.74, 6) is 0. The van der Waals surface area contributed by atoms with E-state index in [1.54, 1.807) is 12.0 Å². The van der Waals surface area contributed by atoms with Crippen molar-refractivity contribution in [2.75, 3.05) is 39.9 Å². The quantitative estimate of drug-likeness (QED) is 0.751. The molecule has 0 unspecified atom stereocenters. The van der Waals surface area contributed by atoms with Gasteiger partial charge in [0, 0.05) is 13.1 Å². The lowest BCUT2D eigenvalue weighted by Crippen LogP contribution is -2.50. The van der Waals surface area contributed by atoms with E-state index in [9.17, 15) is 9.59 Å². The number of hydrogen-bond acceptors (Lipinski definition) is 5. The van der Waals surface area contributed by atoms with Crippen LogP contribution in [0, 0.1) is 0 Å². The van der Waals surface area contributed by atoms with E-state index in [-0.39, 0.29) is 19.7 Å². The van der Waals surface area contributed by atoms with Crippen LogP contribution in [0.5, 0.6) is 0 Å². The predicted octanol–water partition coefficient (Wildman–Crippen LogP) is 0.217. The second kappa shape index (κ2) is 6.26. The Kier molecular flexibility index (Phi) is 4.98. The van der Waals surface area contributed by atoms with Gasteiger partial charge in [0.2, 0.25) is 0 Å². The third kappa shape index (κ3) is 3.46. The van der Waals surface area contributed by atoms with Crippen molar-refractivity contribution in [1.29, 1.82) is 0 Å². The molecule has 1 heterocycles. The van der Waals surface area contributed by atoms with Crippen molar-refractivity contribution in [3.63, 3.8) is 0 Å². The summed E-state index contributed by atoms with van der Waals surface area (Å²) >= 11 is 0. The second-order valence-corrected chi connectivity index (χ2v) is 3.34. The molecule has 17 heavy (non-hydrogen) atoms. The fourth-order valence-corrected chi connectivity index (χ4v) is 1.54. The van der Waals surface area contributed by atoms with Crippen molar-refractivity contribution >= 4 is 12.2 Å². The number of carbonyl (C=O) groups excluding carboxylic acids is 1. The molecule has 0 aromatic rings. The van der Waals surface area contributed by atoms with Crippen LogP contribution in [-0.2, 0) is 9.57 Å². The molecular formula is C9H17N3O5. The van der Waals surface area contributed by atoms with Crippen molar-refractivity contribution in [1.82, 2.24) is 15.1 Å². The topological polar surface area (TPSA) is 82.6 Å². The highest BCUT2D eigenvalue weighted by molar-refractivity contribution is 5.73. The Labute approximate surface area is 99.2 Å². The van der Waals surface area contributed by atoms with E-state index in [0.29, 0.717) is 13.1 Å². The molecule has 0 aromatic carbocycles. The monoisotopic (exact) mass is 247 g/mol. The van der Waals surface area contributed by atoms with Gasteiger partial charge in [-0.05, 0) is 6.92 Å². The summed E-state index contributed by atoms with van der Waals surface area (Å²) in [7, 11) is 1.51. The first-order chi connectivity index (χ1) is 8.10. The molecule has 0 radical (unpaired) electrons. The van der Waals surface area contributed by atoms with E-state index in [4.69, 9.17) is 14.7 Å². The normalized spacial score (nSPS) is 17.8. The van der Waals surface area contributed by atoms with Crippen molar-refractivity contribution in [3.8, 4) is 0 Å². The van der Waals surface area contributed by atoms with Gasteiger partial charge in [0.1, 0.15) is 0 Å². The molecule has 98 valence electrons. The maximum atomic E-state index is 11.6. The highest BCUT2D eigenvalue weighted by Gasteiger charge is 2.30. The van der Waals surface area contributed by atoms with Gasteiger partial charge in [-0.25, -0.2) is 19.6 Å². The van der Waals surface area contributed by atoms with Crippen LogP contribution in [0.2, 0.25) is 0 Å². The van der Waals surface area contributed by atoms with Crippen LogP contribution < -0.4 is 0 Å². The highest BCUT2D eigenvalue weighted by atomic mass is 16.7. The maximum absolute atomic E-state index is 11.6. The van der Waals surface area contributed by atoms with E-state index in [2.05, 4.69) is 0 Å². The average Bonchev–Trinajstić information content (AvgIpc) is 2.51. The van der Waals surface area contributed by atoms with Crippen LogP contribution in [0.15, 0.2) is 0 Å². The highest BCUT2D eigenvalue weighted by Crippen LogP contribution is 2.08. The number of carboxylic acid groups (broad SMARTS) is 1. The van der Waals surface area contributed by atoms with Crippen molar-refractivity contribution in [2.24, 2.45) is 0 Å². The fourth-order valence-electron chi connectivity index (χ4n) is 1.54. The minimum Gasteiger partial charge on any atom is -0.464 e. The number of hydrazine groups is 1. The third-order valence-electron chi connectivity index (χ3n) is 2.37. The number of nitrogens with zero attached hydrogens (tertiary/aromatic N) is 3. The number of ether oxygens (including phenoxy) is 1. The van der Waals surface area contributed by atoms with Crippen molar-refractivity contribution < 1.29 is 24.3 Å². The van der Waals surface area contributed by atoms with Gasteiger partial charge in [0.15, 0.2) is 0 Å². The molecule has 1 aliphatic heterocycles. The number of hydrogen-bond donors (Lipinski definition) is 1. The maximum Gasteiger partial charge on any atom is 0.428 e. The summed E-state index contributed by atoms with van der Waals surface area (Å²) in [6, 6.07) is 0. The molecule has 0 aromatic heterocycles. The minimum atomic E-state index is -1.18. The van der Waals surface area contributed by atoms with Crippen LogP contribution in [0.3, 0.4) is 0 Å². The molecule has 0 saturated carbocycles. The average molecular weight is 247 g/mol. The van der Waals surface area contributed by atoms with Gasteiger partial charge in [-0.1, -0.05) is 0 Å². The smallest absolute Gasteiger partial charge is 0.428 e. The molecule has 1 aliphatic rings. The number of amides is 2. The van der Waals surface area contributed by atoms with E-state index >= 15 is 0 Å². The Morgan fingerprint density at radius 2 is 1.76 bits per heavy atom. The summed E-state index contributed by atoms with van der Waals surface area (Å²) in [5, 5.41) is 12.6. The summed E-state index contributed by atoms with van der Waals surface area (Å²) in [4.78, 5) is 27.7. The minimum absolute atomic E-state index is 0.155. The lowest BCUT2D eigenvalue weighted by molar-refractivity contribution is -0.125. The Morgan fingerprint density at radius 1 is 1.18 bits per heavy atom. The first-order valence-electron chi connectivity index (χ1n) is 5.33. The summed E-state index contributed by atoms with van der Waals surface area (Å²) in [5.41, 5.74) is 0. The number of hydroxylamine groups is 2. The molecule has 2 amide bonds. The molecule has 0 aliphatic carbocycles. The van der Waals surface area contributed by atoms with Crippen molar-refractivity contribution in [2.45, 2.75) is 6.92 Å². The molecule has 0 atom stereocenters. The third-order valence-corrected chi connectivity index (χ3v) is 2.37. The first-order valence-corrected chi connectivity index (χ1v) is 5.33.